The maximum absolute atomic E-state index is 14.2. The molecule has 214 valence electrons. The number of anilines is 1. The molecule has 0 fully saturated rings. The third-order valence-electron chi connectivity index (χ3n) is 6.82. The number of halogens is 1. The Hall–Kier alpha value is -3.36. The molecular weight excluding hydrogens is 546 g/mol. The van der Waals surface area contributed by atoms with Crippen molar-refractivity contribution in [3.63, 3.8) is 0 Å². The zero-order valence-electron chi connectivity index (χ0n) is 23.7. The van der Waals surface area contributed by atoms with Crippen molar-refractivity contribution in [2.75, 3.05) is 17.4 Å². The number of hydrogen-bond donors (Lipinski definition) is 1. The summed E-state index contributed by atoms with van der Waals surface area (Å²) in [5, 5.41) is 3.39. The Bertz CT molecular complexity index is 1430. The Morgan fingerprint density at radius 2 is 1.57 bits per heavy atom. The molecule has 2 amide bonds. The summed E-state index contributed by atoms with van der Waals surface area (Å²) in [6, 6.07) is 19.7. The van der Waals surface area contributed by atoms with Crippen molar-refractivity contribution in [2.24, 2.45) is 5.92 Å². The molecule has 0 aliphatic carbocycles. The van der Waals surface area contributed by atoms with E-state index in [4.69, 9.17) is 11.6 Å². The van der Waals surface area contributed by atoms with Gasteiger partial charge < -0.3 is 10.2 Å². The largest absolute Gasteiger partial charge is 0.354 e. The van der Waals surface area contributed by atoms with Crippen LogP contribution in [-0.2, 0) is 26.2 Å². The van der Waals surface area contributed by atoms with Crippen molar-refractivity contribution in [3.05, 3.63) is 94.5 Å². The molecule has 0 saturated heterocycles. The number of rotatable bonds is 12. The average Bonchev–Trinajstić information content (AvgIpc) is 2.93. The predicted octanol–water partition coefficient (Wildman–Crippen LogP) is 5.73. The molecule has 3 rings (SSSR count). The van der Waals surface area contributed by atoms with Gasteiger partial charge in [-0.2, -0.15) is 0 Å². The lowest BCUT2D eigenvalue weighted by Crippen LogP contribution is -2.52. The van der Waals surface area contributed by atoms with Crippen molar-refractivity contribution < 1.29 is 18.0 Å². The Morgan fingerprint density at radius 3 is 2.20 bits per heavy atom. The first-order valence-electron chi connectivity index (χ1n) is 13.4. The van der Waals surface area contributed by atoms with Gasteiger partial charge in [0.25, 0.3) is 10.0 Å². The van der Waals surface area contributed by atoms with Crippen LogP contribution in [0.5, 0.6) is 0 Å². The predicted molar refractivity (Wildman–Crippen MR) is 161 cm³/mol. The van der Waals surface area contributed by atoms with Gasteiger partial charge in [-0.1, -0.05) is 80.9 Å². The first-order chi connectivity index (χ1) is 19.0. The van der Waals surface area contributed by atoms with Crippen molar-refractivity contribution >= 4 is 39.1 Å². The highest BCUT2D eigenvalue weighted by molar-refractivity contribution is 7.92. The van der Waals surface area contributed by atoms with Gasteiger partial charge in [-0.05, 0) is 67.1 Å². The van der Waals surface area contributed by atoms with Gasteiger partial charge in [-0.15, -0.1) is 0 Å². The lowest BCUT2D eigenvalue weighted by atomic mass is 10.1. The molecule has 0 saturated carbocycles. The Balaban J connectivity index is 2.09. The fourth-order valence-corrected chi connectivity index (χ4v) is 6.08. The van der Waals surface area contributed by atoms with Gasteiger partial charge in [0.1, 0.15) is 12.6 Å². The fraction of sp³-hybridized carbons (Fsp3) is 0.355. The van der Waals surface area contributed by atoms with Crippen molar-refractivity contribution in [1.82, 2.24) is 10.2 Å². The summed E-state index contributed by atoms with van der Waals surface area (Å²) in [5.74, 6) is -0.572. The summed E-state index contributed by atoms with van der Waals surface area (Å²) in [5.41, 5.74) is 2.71. The number of carbonyl (C=O) groups excluding carboxylic acids is 2. The number of aryl methyl sites for hydroxylation is 1. The van der Waals surface area contributed by atoms with Crippen molar-refractivity contribution in [3.8, 4) is 0 Å². The first kappa shape index (κ1) is 31.2. The van der Waals surface area contributed by atoms with Crippen LogP contribution in [-0.4, -0.2) is 44.3 Å². The molecule has 0 aromatic heterocycles. The number of hydrogen-bond acceptors (Lipinski definition) is 4. The normalized spacial score (nSPS) is 12.2. The Morgan fingerprint density at radius 1 is 0.925 bits per heavy atom. The highest BCUT2D eigenvalue weighted by atomic mass is 35.5. The molecule has 3 aromatic carbocycles. The van der Waals surface area contributed by atoms with Gasteiger partial charge in [0.05, 0.1) is 10.6 Å². The first-order valence-corrected chi connectivity index (χ1v) is 15.2. The Kier molecular flexibility index (Phi) is 10.8. The number of carbonyl (C=O) groups is 2. The van der Waals surface area contributed by atoms with Crippen LogP contribution < -0.4 is 9.62 Å². The van der Waals surface area contributed by atoms with Crippen LogP contribution in [0.1, 0.15) is 43.9 Å². The van der Waals surface area contributed by atoms with Crippen LogP contribution in [0, 0.1) is 19.8 Å². The number of nitrogens with zero attached hydrogens (tertiary/aromatic N) is 2. The maximum Gasteiger partial charge on any atom is 0.264 e. The van der Waals surface area contributed by atoms with E-state index in [0.717, 1.165) is 15.4 Å². The molecule has 1 unspecified atom stereocenters. The van der Waals surface area contributed by atoms with Crippen LogP contribution in [0.25, 0.3) is 0 Å². The maximum atomic E-state index is 14.2. The summed E-state index contributed by atoms with van der Waals surface area (Å²) < 4.78 is 29.1. The summed E-state index contributed by atoms with van der Waals surface area (Å²) >= 11 is 6.45. The number of nitrogens with one attached hydrogen (secondary N) is 1. The van der Waals surface area contributed by atoms with Crippen LogP contribution in [0.4, 0.5) is 5.69 Å². The molecule has 1 N–H and O–H groups in total. The van der Waals surface area contributed by atoms with Gasteiger partial charge in [0.2, 0.25) is 11.8 Å². The third-order valence-corrected chi connectivity index (χ3v) is 8.97. The summed E-state index contributed by atoms with van der Waals surface area (Å²) in [4.78, 5) is 29.0. The van der Waals surface area contributed by atoms with E-state index in [1.54, 1.807) is 48.5 Å². The van der Waals surface area contributed by atoms with Gasteiger partial charge in [-0.3, -0.25) is 13.9 Å². The van der Waals surface area contributed by atoms with E-state index in [2.05, 4.69) is 5.32 Å². The van der Waals surface area contributed by atoms with E-state index < -0.39 is 28.5 Å². The fourth-order valence-electron chi connectivity index (χ4n) is 4.39. The van der Waals surface area contributed by atoms with Crippen LogP contribution in [0.2, 0.25) is 5.02 Å². The van der Waals surface area contributed by atoms with E-state index in [1.807, 2.05) is 46.8 Å². The second-order valence-electron chi connectivity index (χ2n) is 10.2. The molecule has 0 bridgehead atoms. The van der Waals surface area contributed by atoms with E-state index >= 15 is 0 Å². The van der Waals surface area contributed by atoms with Gasteiger partial charge in [0, 0.05) is 18.1 Å². The van der Waals surface area contributed by atoms with Crippen LogP contribution in [0.15, 0.2) is 77.7 Å². The topological polar surface area (TPSA) is 86.8 Å². The number of sulfonamides is 1. The standard InChI is InChI=1S/C31H38ClN3O4S/c1-6-28(31(37)33-19-22(2)3)34(20-25-14-10-11-17-27(25)32)30(36)21-35(29-18-12-13-23(4)24(29)5)40(38,39)26-15-8-7-9-16-26/h7-18,22,28H,6,19-21H2,1-5H3,(H,33,37). The van der Waals surface area contributed by atoms with Crippen LogP contribution >= 0.6 is 11.6 Å². The molecule has 0 aliphatic rings. The quantitative estimate of drug-likeness (QED) is 0.295. The minimum absolute atomic E-state index is 0.0537. The molecule has 3 aromatic rings. The van der Waals surface area contributed by atoms with Crippen molar-refractivity contribution in [1.29, 1.82) is 0 Å². The molecule has 0 radical (unpaired) electrons. The monoisotopic (exact) mass is 583 g/mol. The highest BCUT2D eigenvalue weighted by Gasteiger charge is 2.34. The van der Waals surface area contributed by atoms with E-state index in [1.165, 1.54) is 17.0 Å². The summed E-state index contributed by atoms with van der Waals surface area (Å²) in [6.45, 7) is 9.56. The lowest BCUT2D eigenvalue weighted by Gasteiger charge is -2.34. The molecule has 7 nitrogen and oxygen atoms in total. The van der Waals surface area contributed by atoms with E-state index in [-0.39, 0.29) is 23.3 Å². The molecule has 40 heavy (non-hydrogen) atoms. The molecule has 1 atom stereocenters. The summed E-state index contributed by atoms with van der Waals surface area (Å²) in [7, 11) is -4.12. The SMILES string of the molecule is CCC(C(=O)NCC(C)C)N(Cc1ccccc1Cl)C(=O)CN(c1cccc(C)c1C)S(=O)(=O)c1ccccc1. The highest BCUT2D eigenvalue weighted by Crippen LogP contribution is 2.29. The molecule has 0 spiro atoms. The minimum Gasteiger partial charge on any atom is -0.354 e. The summed E-state index contributed by atoms with van der Waals surface area (Å²) in [6.07, 6.45) is 0.342. The second kappa shape index (κ2) is 13.8. The van der Waals surface area contributed by atoms with Gasteiger partial charge in [-0.25, -0.2) is 8.42 Å². The lowest BCUT2D eigenvalue weighted by molar-refractivity contribution is -0.140. The van der Waals surface area contributed by atoms with Gasteiger partial charge >= 0.3 is 0 Å². The molecular formula is C31H38ClN3O4S. The van der Waals surface area contributed by atoms with Crippen LogP contribution in [0.3, 0.4) is 0 Å². The Labute approximate surface area is 243 Å². The van der Waals surface area contributed by atoms with Crippen molar-refractivity contribution in [2.45, 2.75) is 58.5 Å². The number of amides is 2. The molecule has 0 aliphatic heterocycles. The zero-order valence-corrected chi connectivity index (χ0v) is 25.3. The number of benzene rings is 3. The average molecular weight is 584 g/mol. The third kappa shape index (κ3) is 7.43. The minimum atomic E-state index is -4.12. The second-order valence-corrected chi connectivity index (χ2v) is 12.5. The zero-order chi connectivity index (χ0) is 29.4. The van der Waals surface area contributed by atoms with Gasteiger partial charge in [0.15, 0.2) is 0 Å². The molecule has 9 heteroatoms. The molecule has 0 heterocycles. The van der Waals surface area contributed by atoms with E-state index in [0.29, 0.717) is 29.2 Å². The smallest absolute Gasteiger partial charge is 0.264 e. The van der Waals surface area contributed by atoms with E-state index in [9.17, 15) is 18.0 Å².